The molecule has 1 heterocycles. The summed E-state index contributed by atoms with van der Waals surface area (Å²) in [6, 6.07) is 7.30. The smallest absolute Gasteiger partial charge is 0.341 e. The van der Waals surface area contributed by atoms with Gasteiger partial charge in [0.1, 0.15) is 10.6 Å². The lowest BCUT2D eigenvalue weighted by molar-refractivity contribution is -0.117. The van der Waals surface area contributed by atoms with Crippen molar-refractivity contribution in [3.8, 4) is 11.1 Å². The highest BCUT2D eigenvalue weighted by Crippen LogP contribution is 2.42. The van der Waals surface area contributed by atoms with Gasteiger partial charge in [0.05, 0.1) is 7.11 Å². The second-order valence-corrected chi connectivity index (χ2v) is 7.16. The number of anilines is 1. The van der Waals surface area contributed by atoms with E-state index in [9.17, 15) is 9.59 Å². The Morgan fingerprint density at radius 1 is 1.35 bits per heavy atom. The number of ether oxygens (including phenoxy) is 1. The highest BCUT2D eigenvalue weighted by molar-refractivity contribution is 7.17. The third kappa shape index (κ3) is 3.26. The maximum absolute atomic E-state index is 12.3. The van der Waals surface area contributed by atoms with E-state index in [1.165, 1.54) is 18.4 Å². The molecule has 6 heteroatoms. The number of halogens is 1. The zero-order valence-electron chi connectivity index (χ0n) is 12.8. The molecule has 0 radical (unpaired) electrons. The predicted molar refractivity (Wildman–Crippen MR) is 92.2 cm³/mol. The predicted octanol–water partition coefficient (Wildman–Crippen LogP) is 4.51. The molecule has 1 aromatic heterocycles. The SMILES string of the molecule is COC(=O)c1c(NC(=O)C2CC2)sc(C)c1-c1cccc(Cl)c1. The summed E-state index contributed by atoms with van der Waals surface area (Å²) in [7, 11) is 1.34. The van der Waals surface area contributed by atoms with Crippen LogP contribution in [-0.4, -0.2) is 19.0 Å². The Morgan fingerprint density at radius 3 is 2.70 bits per heavy atom. The van der Waals surface area contributed by atoms with Crippen molar-refractivity contribution in [3.05, 3.63) is 39.7 Å². The van der Waals surface area contributed by atoms with E-state index in [2.05, 4.69) is 5.32 Å². The number of hydrogen-bond acceptors (Lipinski definition) is 4. The number of methoxy groups -OCH3 is 1. The van der Waals surface area contributed by atoms with Crippen molar-refractivity contribution in [2.45, 2.75) is 19.8 Å². The number of nitrogens with one attached hydrogen (secondary N) is 1. The van der Waals surface area contributed by atoms with Crippen LogP contribution < -0.4 is 5.32 Å². The van der Waals surface area contributed by atoms with Crippen molar-refractivity contribution < 1.29 is 14.3 Å². The number of esters is 1. The van der Waals surface area contributed by atoms with Gasteiger partial charge in [-0.1, -0.05) is 23.7 Å². The molecular formula is C17H16ClNO3S. The van der Waals surface area contributed by atoms with Gasteiger partial charge in [0, 0.05) is 21.4 Å². The molecule has 3 rings (SSSR count). The number of amides is 1. The number of rotatable bonds is 4. The molecule has 0 bridgehead atoms. The van der Waals surface area contributed by atoms with Gasteiger partial charge in [-0.3, -0.25) is 4.79 Å². The summed E-state index contributed by atoms with van der Waals surface area (Å²) in [5.74, 6) is -0.429. The van der Waals surface area contributed by atoms with Gasteiger partial charge in [-0.15, -0.1) is 11.3 Å². The fourth-order valence-electron chi connectivity index (χ4n) is 2.48. The van der Waals surface area contributed by atoms with Gasteiger partial charge in [0.15, 0.2) is 0 Å². The summed E-state index contributed by atoms with van der Waals surface area (Å²) in [5.41, 5.74) is 1.99. The van der Waals surface area contributed by atoms with E-state index in [1.807, 2.05) is 19.1 Å². The highest BCUT2D eigenvalue weighted by Gasteiger charge is 2.32. The molecule has 1 aliphatic carbocycles. The van der Waals surface area contributed by atoms with Crippen LogP contribution in [0.4, 0.5) is 5.00 Å². The molecule has 0 spiro atoms. The molecule has 120 valence electrons. The average Bonchev–Trinajstić information content (AvgIpc) is 3.31. The molecule has 23 heavy (non-hydrogen) atoms. The van der Waals surface area contributed by atoms with E-state index in [0.29, 0.717) is 15.6 Å². The molecule has 1 fully saturated rings. The Labute approximate surface area is 143 Å². The third-order valence-electron chi connectivity index (χ3n) is 3.77. The normalized spacial score (nSPS) is 13.7. The first-order chi connectivity index (χ1) is 11.0. The van der Waals surface area contributed by atoms with Crippen LogP contribution in [0.2, 0.25) is 5.02 Å². The van der Waals surface area contributed by atoms with Gasteiger partial charge in [-0.25, -0.2) is 4.79 Å². The standard InChI is InChI=1S/C17H16ClNO3S/c1-9-13(11-4-3-5-12(18)8-11)14(17(21)22-2)16(23-9)19-15(20)10-6-7-10/h3-5,8,10H,6-7H2,1-2H3,(H,19,20). The van der Waals surface area contributed by atoms with Crippen LogP contribution in [0.15, 0.2) is 24.3 Å². The van der Waals surface area contributed by atoms with Crippen LogP contribution in [0.25, 0.3) is 11.1 Å². The zero-order chi connectivity index (χ0) is 16.6. The van der Waals surface area contributed by atoms with Gasteiger partial charge in [0.2, 0.25) is 5.91 Å². The molecule has 2 aromatic rings. The second-order valence-electron chi connectivity index (χ2n) is 5.50. The number of hydrogen-bond donors (Lipinski definition) is 1. The van der Waals surface area contributed by atoms with Crippen LogP contribution in [0.3, 0.4) is 0 Å². The Bertz CT molecular complexity index is 780. The zero-order valence-corrected chi connectivity index (χ0v) is 14.4. The lowest BCUT2D eigenvalue weighted by atomic mass is 10.0. The minimum absolute atomic E-state index is 0.0333. The molecule has 0 atom stereocenters. The van der Waals surface area contributed by atoms with Gasteiger partial charge >= 0.3 is 5.97 Å². The minimum Gasteiger partial charge on any atom is -0.465 e. The molecular weight excluding hydrogens is 334 g/mol. The number of thiophene rings is 1. The van der Waals surface area contributed by atoms with E-state index in [4.69, 9.17) is 16.3 Å². The van der Waals surface area contributed by atoms with Gasteiger partial charge in [0.25, 0.3) is 0 Å². The summed E-state index contributed by atoms with van der Waals surface area (Å²) in [6.07, 6.45) is 1.82. The highest BCUT2D eigenvalue weighted by atomic mass is 35.5. The topological polar surface area (TPSA) is 55.4 Å². The van der Waals surface area contributed by atoms with E-state index in [1.54, 1.807) is 12.1 Å². The lowest BCUT2D eigenvalue weighted by Crippen LogP contribution is -2.15. The maximum Gasteiger partial charge on any atom is 0.341 e. The number of aryl methyl sites for hydroxylation is 1. The molecule has 1 amide bonds. The first-order valence-corrected chi connectivity index (χ1v) is 8.49. The summed E-state index contributed by atoms with van der Waals surface area (Å²) in [4.78, 5) is 25.3. The lowest BCUT2D eigenvalue weighted by Gasteiger charge is -2.08. The van der Waals surface area contributed by atoms with Crippen molar-refractivity contribution in [2.75, 3.05) is 12.4 Å². The van der Waals surface area contributed by atoms with Gasteiger partial charge in [-0.05, 0) is 37.5 Å². The van der Waals surface area contributed by atoms with Crippen molar-refractivity contribution in [1.82, 2.24) is 0 Å². The summed E-state index contributed by atoms with van der Waals surface area (Å²) < 4.78 is 4.92. The van der Waals surface area contributed by atoms with E-state index in [-0.39, 0.29) is 11.8 Å². The number of carbonyl (C=O) groups excluding carboxylic acids is 2. The summed E-state index contributed by atoms with van der Waals surface area (Å²) in [6.45, 7) is 1.92. The van der Waals surface area contributed by atoms with Crippen LogP contribution in [0.1, 0.15) is 28.1 Å². The van der Waals surface area contributed by atoms with E-state index >= 15 is 0 Å². The average molecular weight is 350 g/mol. The first kappa shape index (κ1) is 16.0. The third-order valence-corrected chi connectivity index (χ3v) is 5.03. The molecule has 0 unspecified atom stereocenters. The molecule has 0 aliphatic heterocycles. The van der Waals surface area contributed by atoms with E-state index < -0.39 is 5.97 Å². The Kier molecular flexibility index (Phi) is 4.41. The summed E-state index contributed by atoms with van der Waals surface area (Å²) >= 11 is 7.45. The quantitative estimate of drug-likeness (QED) is 0.826. The minimum atomic E-state index is -0.463. The van der Waals surface area contributed by atoms with Crippen LogP contribution >= 0.6 is 22.9 Å². The largest absolute Gasteiger partial charge is 0.465 e. The van der Waals surface area contributed by atoms with Crippen molar-refractivity contribution in [2.24, 2.45) is 5.92 Å². The van der Waals surface area contributed by atoms with E-state index in [0.717, 1.165) is 28.8 Å². The number of benzene rings is 1. The van der Waals surface area contributed by atoms with Crippen molar-refractivity contribution in [3.63, 3.8) is 0 Å². The second kappa shape index (κ2) is 6.34. The van der Waals surface area contributed by atoms with Crippen LogP contribution in [0, 0.1) is 12.8 Å². The Morgan fingerprint density at radius 2 is 2.09 bits per heavy atom. The van der Waals surface area contributed by atoms with Crippen molar-refractivity contribution >= 4 is 39.8 Å². The maximum atomic E-state index is 12.3. The molecule has 4 nitrogen and oxygen atoms in total. The van der Waals surface area contributed by atoms with Gasteiger partial charge in [-0.2, -0.15) is 0 Å². The number of carbonyl (C=O) groups is 2. The monoisotopic (exact) mass is 349 g/mol. The summed E-state index contributed by atoms with van der Waals surface area (Å²) in [5, 5.41) is 4.01. The fourth-order valence-corrected chi connectivity index (χ4v) is 3.74. The first-order valence-electron chi connectivity index (χ1n) is 7.29. The van der Waals surface area contributed by atoms with Crippen LogP contribution in [-0.2, 0) is 9.53 Å². The molecule has 1 aliphatic rings. The van der Waals surface area contributed by atoms with Crippen molar-refractivity contribution in [1.29, 1.82) is 0 Å². The Hall–Kier alpha value is -1.85. The molecule has 1 aromatic carbocycles. The molecule has 0 saturated heterocycles. The molecule has 1 saturated carbocycles. The Balaban J connectivity index is 2.09. The fraction of sp³-hybridized carbons (Fsp3) is 0.294. The van der Waals surface area contributed by atoms with Crippen LogP contribution in [0.5, 0.6) is 0 Å². The van der Waals surface area contributed by atoms with Gasteiger partial charge < -0.3 is 10.1 Å². The molecule has 1 N–H and O–H groups in total.